The van der Waals surface area contributed by atoms with E-state index >= 15 is 0 Å². The summed E-state index contributed by atoms with van der Waals surface area (Å²) in [7, 11) is 0. The van der Waals surface area contributed by atoms with Crippen LogP contribution in [-0.4, -0.2) is 37.9 Å². The van der Waals surface area contributed by atoms with Crippen molar-refractivity contribution in [2.24, 2.45) is 5.73 Å². The molecule has 0 aromatic rings. The van der Waals surface area contributed by atoms with Crippen LogP contribution in [0.5, 0.6) is 0 Å². The second kappa shape index (κ2) is 6.62. The molecule has 0 unspecified atom stereocenters. The number of hydrogen-bond donors (Lipinski definition) is 2. The highest BCUT2D eigenvalue weighted by Gasteiger charge is 2.27. The van der Waals surface area contributed by atoms with Gasteiger partial charge in [0.15, 0.2) is 0 Å². The molecule has 0 spiro atoms. The summed E-state index contributed by atoms with van der Waals surface area (Å²) in [5.41, 5.74) is 5.37. The summed E-state index contributed by atoms with van der Waals surface area (Å²) < 4.78 is 39.1. The van der Waals surface area contributed by atoms with E-state index in [1.165, 1.54) is 0 Å². The number of carbonyl (C=O) groups excluding carboxylic acids is 1. The van der Waals surface area contributed by atoms with E-state index in [4.69, 9.17) is 5.73 Å². The van der Waals surface area contributed by atoms with Crippen LogP contribution in [0.4, 0.5) is 13.2 Å². The Hall–Kier alpha value is -0.820. The van der Waals surface area contributed by atoms with Gasteiger partial charge in [-0.25, -0.2) is 0 Å². The van der Waals surface area contributed by atoms with Gasteiger partial charge in [-0.05, 0) is 6.42 Å². The minimum absolute atomic E-state index is 0.0304. The van der Waals surface area contributed by atoms with Gasteiger partial charge in [0.2, 0.25) is 5.91 Å². The van der Waals surface area contributed by atoms with Crippen molar-refractivity contribution in [2.45, 2.75) is 25.6 Å². The second-order valence-corrected chi connectivity index (χ2v) is 2.97. The van der Waals surface area contributed by atoms with Gasteiger partial charge in [0.25, 0.3) is 0 Å². The van der Waals surface area contributed by atoms with Crippen LogP contribution in [0, 0.1) is 0 Å². The summed E-state index contributed by atoms with van der Waals surface area (Å²) in [6, 6.07) is -0.618. The molecule has 4 nitrogen and oxygen atoms in total. The molecule has 0 aliphatic heterocycles. The molecule has 0 aliphatic rings. The van der Waals surface area contributed by atoms with Crippen LogP contribution in [0.2, 0.25) is 0 Å². The summed E-state index contributed by atoms with van der Waals surface area (Å²) in [5.74, 6) is -0.381. The van der Waals surface area contributed by atoms with E-state index < -0.39 is 18.8 Å². The van der Waals surface area contributed by atoms with Gasteiger partial charge < -0.3 is 15.8 Å². The lowest BCUT2D eigenvalue weighted by Gasteiger charge is -2.11. The fourth-order valence-electron chi connectivity index (χ4n) is 0.751. The minimum Gasteiger partial charge on any atom is -0.370 e. The van der Waals surface area contributed by atoms with Crippen molar-refractivity contribution < 1.29 is 22.7 Å². The number of alkyl halides is 3. The quantitative estimate of drug-likeness (QED) is 0.647. The number of nitrogens with two attached hydrogens (primary N) is 1. The zero-order valence-electron chi connectivity index (χ0n) is 8.43. The van der Waals surface area contributed by atoms with Crippen LogP contribution in [0.25, 0.3) is 0 Å². The lowest BCUT2D eigenvalue weighted by atomic mass is 10.2. The van der Waals surface area contributed by atoms with Gasteiger partial charge in [0, 0.05) is 6.54 Å². The average molecular weight is 228 g/mol. The maximum Gasteiger partial charge on any atom is 0.411 e. The molecule has 0 saturated carbocycles. The van der Waals surface area contributed by atoms with Crippen molar-refractivity contribution in [3.63, 3.8) is 0 Å². The van der Waals surface area contributed by atoms with Crippen molar-refractivity contribution in [2.75, 3.05) is 19.8 Å². The minimum atomic E-state index is -4.33. The SMILES string of the molecule is CC[C@@H](N)C(=O)NCCOCC(F)(F)F. The zero-order chi connectivity index (χ0) is 11.9. The first-order chi connectivity index (χ1) is 6.87. The third-order valence-electron chi connectivity index (χ3n) is 1.59. The topological polar surface area (TPSA) is 64.4 Å². The molecular weight excluding hydrogens is 213 g/mol. The van der Waals surface area contributed by atoms with Crippen molar-refractivity contribution in [3.05, 3.63) is 0 Å². The Bertz CT molecular complexity index is 197. The van der Waals surface area contributed by atoms with Crippen LogP contribution in [0.1, 0.15) is 13.3 Å². The molecule has 15 heavy (non-hydrogen) atoms. The number of amides is 1. The summed E-state index contributed by atoms with van der Waals surface area (Å²) in [6.07, 6.45) is -3.85. The molecule has 0 heterocycles. The van der Waals surface area contributed by atoms with Gasteiger partial charge in [-0.1, -0.05) is 6.92 Å². The Morgan fingerprint density at radius 3 is 2.60 bits per heavy atom. The Morgan fingerprint density at radius 1 is 1.53 bits per heavy atom. The molecule has 3 N–H and O–H groups in total. The summed E-state index contributed by atoms with van der Waals surface area (Å²) in [6.45, 7) is 0.289. The molecule has 0 bridgehead atoms. The van der Waals surface area contributed by atoms with Crippen molar-refractivity contribution in [3.8, 4) is 0 Å². The van der Waals surface area contributed by atoms with Gasteiger partial charge in [-0.2, -0.15) is 13.2 Å². The third kappa shape index (κ3) is 8.19. The van der Waals surface area contributed by atoms with Crippen LogP contribution >= 0.6 is 0 Å². The Kier molecular flexibility index (Phi) is 6.26. The fourth-order valence-corrected chi connectivity index (χ4v) is 0.751. The molecule has 0 radical (unpaired) electrons. The third-order valence-corrected chi connectivity index (χ3v) is 1.59. The Morgan fingerprint density at radius 2 is 2.13 bits per heavy atom. The van der Waals surface area contributed by atoms with Gasteiger partial charge in [0.05, 0.1) is 12.6 Å². The monoisotopic (exact) mass is 228 g/mol. The lowest BCUT2D eigenvalue weighted by Crippen LogP contribution is -2.41. The molecule has 0 saturated heterocycles. The van der Waals surface area contributed by atoms with E-state index in [1.54, 1.807) is 6.92 Å². The van der Waals surface area contributed by atoms with E-state index in [0.717, 1.165) is 0 Å². The lowest BCUT2D eigenvalue weighted by molar-refractivity contribution is -0.173. The second-order valence-electron chi connectivity index (χ2n) is 2.97. The van der Waals surface area contributed by atoms with Crippen molar-refractivity contribution >= 4 is 5.91 Å². The summed E-state index contributed by atoms with van der Waals surface area (Å²) in [5, 5.41) is 2.36. The molecule has 0 aliphatic carbocycles. The molecule has 1 atom stereocenters. The smallest absolute Gasteiger partial charge is 0.370 e. The average Bonchev–Trinajstić information content (AvgIpc) is 2.14. The first-order valence-corrected chi connectivity index (χ1v) is 4.54. The molecular formula is C8H15F3N2O2. The molecule has 0 rings (SSSR count). The Labute approximate surface area is 86.0 Å². The Balaban J connectivity index is 3.43. The van der Waals surface area contributed by atoms with Crippen molar-refractivity contribution in [1.82, 2.24) is 5.32 Å². The molecule has 0 aromatic carbocycles. The zero-order valence-corrected chi connectivity index (χ0v) is 8.43. The van der Waals surface area contributed by atoms with Gasteiger partial charge >= 0.3 is 6.18 Å². The highest BCUT2D eigenvalue weighted by Crippen LogP contribution is 2.13. The van der Waals surface area contributed by atoms with Crippen LogP contribution < -0.4 is 11.1 Å². The largest absolute Gasteiger partial charge is 0.411 e. The number of nitrogens with one attached hydrogen (secondary N) is 1. The standard InChI is InChI=1S/C8H15F3N2O2/c1-2-6(12)7(14)13-3-4-15-5-8(9,10)11/h6H,2-5,12H2,1H3,(H,13,14)/t6-/m1/s1. The number of rotatable bonds is 6. The van der Waals surface area contributed by atoms with Gasteiger partial charge in [-0.3, -0.25) is 4.79 Å². The fraction of sp³-hybridized carbons (Fsp3) is 0.875. The number of halogens is 3. The van der Waals surface area contributed by atoms with E-state index in [2.05, 4.69) is 10.1 Å². The highest BCUT2D eigenvalue weighted by molar-refractivity contribution is 5.81. The molecule has 1 amide bonds. The maximum atomic E-state index is 11.6. The number of hydrogen-bond acceptors (Lipinski definition) is 3. The van der Waals surface area contributed by atoms with Gasteiger partial charge in [0.1, 0.15) is 6.61 Å². The van der Waals surface area contributed by atoms with Crippen LogP contribution in [0.3, 0.4) is 0 Å². The molecule has 7 heteroatoms. The molecule has 90 valence electrons. The van der Waals surface area contributed by atoms with Crippen LogP contribution in [-0.2, 0) is 9.53 Å². The summed E-state index contributed by atoms with van der Waals surface area (Å²) in [4.78, 5) is 11.0. The first-order valence-electron chi connectivity index (χ1n) is 4.54. The molecule has 0 aromatic heterocycles. The first kappa shape index (κ1) is 14.2. The predicted octanol–water partition coefficient (Wildman–Crippen LogP) is 0.419. The van der Waals surface area contributed by atoms with E-state index in [9.17, 15) is 18.0 Å². The maximum absolute atomic E-state index is 11.6. The van der Waals surface area contributed by atoms with Crippen molar-refractivity contribution in [1.29, 1.82) is 0 Å². The normalized spacial score (nSPS) is 13.7. The van der Waals surface area contributed by atoms with Crippen LogP contribution in [0.15, 0.2) is 0 Å². The van der Waals surface area contributed by atoms with Gasteiger partial charge in [-0.15, -0.1) is 0 Å². The summed E-state index contributed by atoms with van der Waals surface area (Å²) >= 11 is 0. The van der Waals surface area contributed by atoms with E-state index in [0.29, 0.717) is 6.42 Å². The highest BCUT2D eigenvalue weighted by atomic mass is 19.4. The number of carbonyl (C=O) groups is 1. The van der Waals surface area contributed by atoms with E-state index in [-0.39, 0.29) is 19.1 Å². The van der Waals surface area contributed by atoms with E-state index in [1.807, 2.05) is 0 Å². The number of ether oxygens (including phenoxy) is 1. The predicted molar refractivity (Wildman–Crippen MR) is 48.2 cm³/mol. The molecule has 0 fully saturated rings.